The first-order valence-electron chi connectivity index (χ1n) is 7.72. The molecule has 0 aliphatic carbocycles. The number of nitrogens with one attached hydrogen (secondary N) is 1. The lowest BCUT2D eigenvalue weighted by Crippen LogP contribution is -2.41. The number of hydrogen-bond donors (Lipinski definition) is 2. The van der Waals surface area contributed by atoms with Crippen LogP contribution in [-0.4, -0.2) is 24.2 Å². The van der Waals surface area contributed by atoms with Crippen molar-refractivity contribution in [2.45, 2.75) is 19.4 Å². The Morgan fingerprint density at radius 2 is 1.70 bits per heavy atom. The van der Waals surface area contributed by atoms with Gasteiger partial charge in [-0.25, -0.2) is 0 Å². The van der Waals surface area contributed by atoms with Gasteiger partial charge in [0.05, 0.1) is 19.1 Å². The van der Waals surface area contributed by atoms with E-state index in [9.17, 15) is 9.90 Å². The van der Waals surface area contributed by atoms with Crippen molar-refractivity contribution < 1.29 is 14.6 Å². The summed E-state index contributed by atoms with van der Waals surface area (Å²) in [6.07, 6.45) is 0. The van der Waals surface area contributed by atoms with Gasteiger partial charge in [0.15, 0.2) is 0 Å². The zero-order chi connectivity index (χ0) is 16.7. The molecule has 0 aliphatic rings. The molecule has 4 nitrogen and oxygen atoms in total. The third-order valence-corrected chi connectivity index (χ3v) is 3.69. The van der Waals surface area contributed by atoms with Crippen LogP contribution in [0.15, 0.2) is 60.7 Å². The van der Waals surface area contributed by atoms with Gasteiger partial charge in [-0.1, -0.05) is 55.5 Å². The molecular weight excluding hydrogens is 290 g/mol. The Bertz CT molecular complexity index is 611. The molecule has 0 aromatic heterocycles. The zero-order valence-electron chi connectivity index (χ0n) is 13.5. The minimum atomic E-state index is -1.10. The van der Waals surface area contributed by atoms with Gasteiger partial charge >= 0.3 is 0 Å². The number of amides is 1. The van der Waals surface area contributed by atoms with E-state index in [1.807, 2.05) is 60.7 Å². The molecule has 0 heterocycles. The number of aliphatic hydroxyl groups is 1. The average Bonchev–Trinajstić information content (AvgIpc) is 2.59. The van der Waals surface area contributed by atoms with E-state index in [1.54, 1.807) is 13.8 Å². The Kier molecular flexibility index (Phi) is 5.77. The molecule has 0 radical (unpaired) electrons. The maximum absolute atomic E-state index is 12.1. The Morgan fingerprint density at radius 1 is 1.13 bits per heavy atom. The molecule has 0 spiro atoms. The highest BCUT2D eigenvalue weighted by molar-refractivity contribution is 5.78. The second-order valence-corrected chi connectivity index (χ2v) is 5.88. The molecule has 0 bridgehead atoms. The smallest absolute Gasteiger partial charge is 0.226 e. The van der Waals surface area contributed by atoms with E-state index in [0.29, 0.717) is 6.61 Å². The van der Waals surface area contributed by atoms with Gasteiger partial charge in [-0.3, -0.25) is 4.79 Å². The normalized spacial score (nSPS) is 14.6. The quantitative estimate of drug-likeness (QED) is 0.826. The third kappa shape index (κ3) is 5.11. The summed E-state index contributed by atoms with van der Waals surface area (Å²) in [5.41, 5.74) is -0.329. The van der Waals surface area contributed by atoms with Crippen molar-refractivity contribution in [1.82, 2.24) is 5.32 Å². The summed E-state index contributed by atoms with van der Waals surface area (Å²) in [5.74, 6) is 0.294. The van der Waals surface area contributed by atoms with Crippen LogP contribution in [0.25, 0.3) is 0 Å². The molecule has 2 rings (SSSR count). The first kappa shape index (κ1) is 17.0. The molecule has 1 amide bonds. The Hall–Kier alpha value is -2.33. The van der Waals surface area contributed by atoms with E-state index in [0.717, 1.165) is 11.3 Å². The van der Waals surface area contributed by atoms with Gasteiger partial charge in [0.25, 0.3) is 0 Å². The van der Waals surface area contributed by atoms with Crippen LogP contribution < -0.4 is 10.1 Å². The minimum absolute atomic E-state index is 0.142. The Labute approximate surface area is 137 Å². The van der Waals surface area contributed by atoms with Crippen LogP contribution in [0.2, 0.25) is 0 Å². The van der Waals surface area contributed by atoms with Crippen LogP contribution in [0.5, 0.6) is 5.75 Å². The molecule has 2 aromatic carbocycles. The molecular formula is C19H23NO3. The minimum Gasteiger partial charge on any atom is -0.493 e. The second kappa shape index (κ2) is 7.79. The Morgan fingerprint density at radius 3 is 2.30 bits per heavy atom. The predicted octanol–water partition coefficient (Wildman–Crippen LogP) is 2.73. The summed E-state index contributed by atoms with van der Waals surface area (Å²) >= 11 is 0. The lowest BCUT2D eigenvalue weighted by atomic mass is 9.96. The standard InChI is InChI=1S/C19H23NO3/c1-15(13-23-17-11-7-4-8-12-17)18(21)20-14-19(2,22)16-9-5-3-6-10-16/h3-12,15,22H,13-14H2,1-2H3,(H,20,21). The van der Waals surface area contributed by atoms with Crippen molar-refractivity contribution in [2.24, 2.45) is 5.92 Å². The van der Waals surface area contributed by atoms with Gasteiger partial charge in [-0.15, -0.1) is 0 Å². The molecule has 4 heteroatoms. The van der Waals surface area contributed by atoms with Crippen molar-refractivity contribution >= 4 is 5.91 Å². The molecule has 0 fully saturated rings. The van der Waals surface area contributed by atoms with Crippen LogP contribution in [0, 0.1) is 5.92 Å². The van der Waals surface area contributed by atoms with Gasteiger partial charge in [0, 0.05) is 0 Å². The highest BCUT2D eigenvalue weighted by Crippen LogP contribution is 2.19. The number of hydrogen-bond acceptors (Lipinski definition) is 3. The molecule has 0 aliphatic heterocycles. The summed E-state index contributed by atoms with van der Waals surface area (Å²) in [5, 5.41) is 13.3. The van der Waals surface area contributed by atoms with Gasteiger partial charge in [-0.05, 0) is 24.6 Å². The molecule has 23 heavy (non-hydrogen) atoms. The van der Waals surface area contributed by atoms with E-state index in [2.05, 4.69) is 5.32 Å². The summed E-state index contributed by atoms with van der Waals surface area (Å²) < 4.78 is 5.58. The number of carbonyl (C=O) groups is 1. The van der Waals surface area contributed by atoms with Crippen molar-refractivity contribution in [3.8, 4) is 5.75 Å². The van der Waals surface area contributed by atoms with Gasteiger partial charge in [0.1, 0.15) is 11.4 Å². The highest BCUT2D eigenvalue weighted by Gasteiger charge is 2.24. The lowest BCUT2D eigenvalue weighted by molar-refractivity contribution is -0.126. The summed E-state index contributed by atoms with van der Waals surface area (Å²) in [7, 11) is 0. The topological polar surface area (TPSA) is 58.6 Å². The SMILES string of the molecule is CC(COc1ccccc1)C(=O)NCC(C)(O)c1ccccc1. The fraction of sp³-hybridized carbons (Fsp3) is 0.316. The number of rotatable bonds is 7. The maximum Gasteiger partial charge on any atom is 0.226 e. The largest absolute Gasteiger partial charge is 0.493 e. The van der Waals surface area contributed by atoms with Gasteiger partial charge < -0.3 is 15.2 Å². The monoisotopic (exact) mass is 313 g/mol. The average molecular weight is 313 g/mol. The highest BCUT2D eigenvalue weighted by atomic mass is 16.5. The van der Waals surface area contributed by atoms with Crippen molar-refractivity contribution in [3.63, 3.8) is 0 Å². The van der Waals surface area contributed by atoms with Crippen LogP contribution in [0.1, 0.15) is 19.4 Å². The maximum atomic E-state index is 12.1. The van der Waals surface area contributed by atoms with Crippen LogP contribution in [0.3, 0.4) is 0 Å². The summed E-state index contributed by atoms with van der Waals surface area (Å²) in [4.78, 5) is 12.1. The van der Waals surface area contributed by atoms with E-state index in [4.69, 9.17) is 4.74 Å². The molecule has 2 aromatic rings. The third-order valence-electron chi connectivity index (χ3n) is 3.69. The van der Waals surface area contributed by atoms with Crippen molar-refractivity contribution in [2.75, 3.05) is 13.2 Å². The summed E-state index contributed by atoms with van der Waals surface area (Å²) in [6, 6.07) is 18.7. The molecule has 2 unspecified atom stereocenters. The molecule has 2 N–H and O–H groups in total. The fourth-order valence-electron chi connectivity index (χ4n) is 2.15. The van der Waals surface area contributed by atoms with Crippen LogP contribution in [0.4, 0.5) is 0 Å². The van der Waals surface area contributed by atoms with Crippen LogP contribution >= 0.6 is 0 Å². The number of ether oxygens (including phenoxy) is 1. The fourth-order valence-corrected chi connectivity index (χ4v) is 2.15. The predicted molar refractivity (Wildman–Crippen MR) is 90.1 cm³/mol. The molecule has 2 atom stereocenters. The first-order valence-corrected chi connectivity index (χ1v) is 7.72. The van der Waals surface area contributed by atoms with Crippen molar-refractivity contribution in [3.05, 3.63) is 66.2 Å². The van der Waals surface area contributed by atoms with E-state index in [-0.39, 0.29) is 18.4 Å². The van der Waals surface area contributed by atoms with Gasteiger partial charge in [0.2, 0.25) is 5.91 Å². The molecule has 0 saturated carbocycles. The molecule has 0 saturated heterocycles. The van der Waals surface area contributed by atoms with E-state index in [1.165, 1.54) is 0 Å². The zero-order valence-corrected chi connectivity index (χ0v) is 13.5. The second-order valence-electron chi connectivity index (χ2n) is 5.88. The van der Waals surface area contributed by atoms with Crippen LogP contribution in [-0.2, 0) is 10.4 Å². The number of benzene rings is 2. The van der Waals surface area contributed by atoms with E-state index < -0.39 is 5.60 Å². The van der Waals surface area contributed by atoms with Crippen molar-refractivity contribution in [1.29, 1.82) is 0 Å². The number of carbonyl (C=O) groups excluding carboxylic acids is 1. The first-order chi connectivity index (χ1) is 11.0. The molecule has 122 valence electrons. The summed E-state index contributed by atoms with van der Waals surface area (Å²) in [6.45, 7) is 3.94. The number of para-hydroxylation sites is 1. The van der Waals surface area contributed by atoms with E-state index >= 15 is 0 Å². The lowest BCUT2D eigenvalue weighted by Gasteiger charge is -2.25. The van der Waals surface area contributed by atoms with Gasteiger partial charge in [-0.2, -0.15) is 0 Å². The Balaban J connectivity index is 1.82.